The largest absolute Gasteiger partial charge is 0.371 e. The van der Waals surface area contributed by atoms with Gasteiger partial charge in [0.25, 0.3) is 5.95 Å². The Kier molecular flexibility index (Phi) is 2.82. The summed E-state index contributed by atoms with van der Waals surface area (Å²) in [5.74, 6) is 1.03. The average Bonchev–Trinajstić information content (AvgIpc) is 3.08. The molecule has 2 unspecified atom stereocenters. The first kappa shape index (κ1) is 12.0. The third-order valence-corrected chi connectivity index (χ3v) is 3.79. The van der Waals surface area contributed by atoms with Gasteiger partial charge in [0.15, 0.2) is 0 Å². The number of halogens is 1. The van der Waals surface area contributed by atoms with Gasteiger partial charge in [-0.1, -0.05) is 0 Å². The lowest BCUT2D eigenvalue weighted by atomic mass is 10.2. The number of aromatic nitrogens is 5. The zero-order chi connectivity index (χ0) is 13.5. The number of nitrogens with zero attached hydrogens (tertiary/aromatic N) is 6. The van der Waals surface area contributed by atoms with Crippen molar-refractivity contribution < 1.29 is 4.74 Å². The van der Waals surface area contributed by atoms with E-state index in [0.29, 0.717) is 11.9 Å². The van der Waals surface area contributed by atoms with E-state index in [1.165, 1.54) is 0 Å². The molecule has 2 aliphatic heterocycles. The molecule has 8 heteroatoms. The van der Waals surface area contributed by atoms with Crippen LogP contribution >= 0.6 is 11.6 Å². The van der Waals surface area contributed by atoms with Crippen LogP contribution in [0.1, 0.15) is 12.8 Å². The summed E-state index contributed by atoms with van der Waals surface area (Å²) >= 11 is 6.01. The molecule has 0 N–H and O–H groups in total. The van der Waals surface area contributed by atoms with Crippen molar-refractivity contribution in [2.45, 2.75) is 25.0 Å². The Morgan fingerprint density at radius 2 is 1.85 bits per heavy atom. The summed E-state index contributed by atoms with van der Waals surface area (Å²) in [5, 5.41) is 4.30. The predicted octanol–water partition coefficient (Wildman–Crippen LogP) is 1.08. The van der Waals surface area contributed by atoms with E-state index in [0.717, 1.165) is 25.9 Å². The van der Waals surface area contributed by atoms with Crippen LogP contribution < -0.4 is 4.90 Å². The van der Waals surface area contributed by atoms with Gasteiger partial charge < -0.3 is 9.64 Å². The Balaban J connectivity index is 1.68. The van der Waals surface area contributed by atoms with Crippen molar-refractivity contribution in [1.82, 2.24) is 24.7 Å². The average molecular weight is 293 g/mol. The number of morpholine rings is 1. The van der Waals surface area contributed by atoms with Crippen molar-refractivity contribution in [3.63, 3.8) is 0 Å². The van der Waals surface area contributed by atoms with Crippen molar-refractivity contribution in [1.29, 1.82) is 0 Å². The monoisotopic (exact) mass is 292 g/mol. The van der Waals surface area contributed by atoms with E-state index in [-0.39, 0.29) is 17.5 Å². The number of ether oxygens (including phenoxy) is 1. The molecule has 0 aromatic carbocycles. The van der Waals surface area contributed by atoms with Gasteiger partial charge in [-0.2, -0.15) is 20.1 Å². The summed E-state index contributed by atoms with van der Waals surface area (Å²) < 4.78 is 7.39. The van der Waals surface area contributed by atoms with Gasteiger partial charge >= 0.3 is 0 Å². The van der Waals surface area contributed by atoms with Crippen molar-refractivity contribution in [2.75, 3.05) is 18.0 Å². The summed E-state index contributed by atoms with van der Waals surface area (Å²) in [6, 6.07) is 1.81. The molecule has 2 saturated heterocycles. The van der Waals surface area contributed by atoms with Gasteiger partial charge in [0.2, 0.25) is 11.2 Å². The molecule has 0 saturated carbocycles. The van der Waals surface area contributed by atoms with E-state index in [2.05, 4.69) is 25.0 Å². The normalized spacial score (nSPS) is 25.1. The Morgan fingerprint density at radius 3 is 2.55 bits per heavy atom. The van der Waals surface area contributed by atoms with Crippen LogP contribution in [0.5, 0.6) is 0 Å². The Morgan fingerprint density at radius 1 is 1.10 bits per heavy atom. The first-order valence-corrected chi connectivity index (χ1v) is 6.98. The summed E-state index contributed by atoms with van der Waals surface area (Å²) in [6.07, 6.45) is 6.21. The molecule has 0 aliphatic carbocycles. The number of rotatable bonds is 2. The first-order valence-electron chi connectivity index (χ1n) is 6.60. The second kappa shape index (κ2) is 4.68. The predicted molar refractivity (Wildman–Crippen MR) is 72.1 cm³/mol. The van der Waals surface area contributed by atoms with Gasteiger partial charge in [-0.05, 0) is 30.5 Å². The van der Waals surface area contributed by atoms with Gasteiger partial charge in [0, 0.05) is 25.5 Å². The molecule has 0 radical (unpaired) electrons. The van der Waals surface area contributed by atoms with E-state index in [1.807, 2.05) is 6.07 Å². The molecule has 4 rings (SSSR count). The first-order chi connectivity index (χ1) is 9.78. The topological polar surface area (TPSA) is 69.0 Å². The van der Waals surface area contributed by atoms with Crippen LogP contribution in [0.3, 0.4) is 0 Å². The van der Waals surface area contributed by atoms with E-state index in [9.17, 15) is 0 Å². The minimum atomic E-state index is 0.180. The summed E-state index contributed by atoms with van der Waals surface area (Å²) in [5.41, 5.74) is 0. The highest BCUT2D eigenvalue weighted by atomic mass is 35.5. The molecule has 104 valence electrons. The second-order valence-corrected chi connectivity index (χ2v) is 5.36. The van der Waals surface area contributed by atoms with Gasteiger partial charge in [0.05, 0.1) is 12.2 Å². The van der Waals surface area contributed by atoms with Crippen LogP contribution in [0.2, 0.25) is 5.28 Å². The van der Waals surface area contributed by atoms with E-state index in [1.54, 1.807) is 17.1 Å². The molecule has 2 aromatic heterocycles. The third-order valence-electron chi connectivity index (χ3n) is 3.62. The van der Waals surface area contributed by atoms with E-state index in [4.69, 9.17) is 16.3 Å². The van der Waals surface area contributed by atoms with Crippen LogP contribution in [0.15, 0.2) is 18.5 Å². The molecule has 7 nitrogen and oxygen atoms in total. The van der Waals surface area contributed by atoms with Crippen molar-refractivity contribution >= 4 is 17.5 Å². The number of anilines is 1. The van der Waals surface area contributed by atoms with Gasteiger partial charge in [0.1, 0.15) is 0 Å². The third kappa shape index (κ3) is 2.12. The molecule has 0 amide bonds. The number of hydrogen-bond donors (Lipinski definition) is 0. The maximum absolute atomic E-state index is 6.01. The van der Waals surface area contributed by atoms with Crippen LogP contribution in [0.4, 0.5) is 5.95 Å². The Bertz CT molecular complexity index is 606. The Labute approximate surface area is 120 Å². The van der Waals surface area contributed by atoms with Crippen molar-refractivity contribution in [2.24, 2.45) is 0 Å². The molecule has 2 bridgehead atoms. The van der Waals surface area contributed by atoms with E-state index < -0.39 is 0 Å². The van der Waals surface area contributed by atoms with Gasteiger partial charge in [-0.25, -0.2) is 4.68 Å². The lowest BCUT2D eigenvalue weighted by Gasteiger charge is -2.32. The second-order valence-electron chi connectivity index (χ2n) is 5.02. The Hall–Kier alpha value is -1.73. The van der Waals surface area contributed by atoms with Crippen LogP contribution in [-0.4, -0.2) is 50.0 Å². The van der Waals surface area contributed by atoms with Gasteiger partial charge in [-0.15, -0.1) is 0 Å². The van der Waals surface area contributed by atoms with Crippen molar-refractivity contribution in [3.05, 3.63) is 23.7 Å². The number of hydrogen-bond acceptors (Lipinski definition) is 6. The fourth-order valence-corrected chi connectivity index (χ4v) is 2.89. The quantitative estimate of drug-likeness (QED) is 0.825. The standard InChI is InChI=1S/C12H13ClN6O/c13-10-15-11(17-12(16-10)19-5-1-4-14-19)18-6-8-2-3-9(7-18)20-8/h1,4-5,8-9H,2-3,6-7H2. The summed E-state index contributed by atoms with van der Waals surface area (Å²) in [6.45, 7) is 1.60. The minimum Gasteiger partial charge on any atom is -0.371 e. The van der Waals surface area contributed by atoms with Crippen LogP contribution in [-0.2, 0) is 4.74 Å². The molecule has 20 heavy (non-hydrogen) atoms. The summed E-state index contributed by atoms with van der Waals surface area (Å²) in [4.78, 5) is 14.9. The van der Waals surface area contributed by atoms with Crippen molar-refractivity contribution in [3.8, 4) is 5.95 Å². The molecular formula is C12H13ClN6O. The molecule has 4 heterocycles. The highest BCUT2D eigenvalue weighted by molar-refractivity contribution is 6.28. The summed E-state index contributed by atoms with van der Waals surface area (Å²) in [7, 11) is 0. The van der Waals surface area contributed by atoms with Crippen LogP contribution in [0.25, 0.3) is 5.95 Å². The maximum Gasteiger partial charge on any atom is 0.256 e. The molecule has 2 fully saturated rings. The SMILES string of the molecule is Clc1nc(N2CC3CCC(C2)O3)nc(-n2cccn2)n1. The number of fused-ring (bicyclic) bond motifs is 2. The molecule has 0 spiro atoms. The zero-order valence-corrected chi connectivity index (χ0v) is 11.4. The highest BCUT2D eigenvalue weighted by Gasteiger charge is 2.35. The minimum absolute atomic E-state index is 0.180. The molecule has 2 atom stereocenters. The molecular weight excluding hydrogens is 280 g/mol. The zero-order valence-electron chi connectivity index (χ0n) is 10.7. The van der Waals surface area contributed by atoms with Crippen LogP contribution in [0, 0.1) is 0 Å². The van der Waals surface area contributed by atoms with Gasteiger partial charge in [-0.3, -0.25) is 0 Å². The lowest BCUT2D eigenvalue weighted by molar-refractivity contribution is 0.0299. The lowest BCUT2D eigenvalue weighted by Crippen LogP contribution is -2.43. The highest BCUT2D eigenvalue weighted by Crippen LogP contribution is 2.28. The fourth-order valence-electron chi connectivity index (χ4n) is 2.74. The maximum atomic E-state index is 6.01. The fraction of sp³-hybridized carbons (Fsp3) is 0.500. The molecule has 2 aromatic rings. The van der Waals surface area contributed by atoms with E-state index >= 15 is 0 Å². The smallest absolute Gasteiger partial charge is 0.256 e. The molecule has 2 aliphatic rings.